The summed E-state index contributed by atoms with van der Waals surface area (Å²) in [4.78, 5) is 17.9. The lowest BCUT2D eigenvalue weighted by molar-refractivity contribution is 0.102. The van der Waals surface area contributed by atoms with Gasteiger partial charge in [-0.3, -0.25) is 10.1 Å². The molecule has 1 heterocycles. The molecule has 2 aromatic carbocycles. The monoisotopic (exact) mass is 344 g/mol. The van der Waals surface area contributed by atoms with E-state index in [-0.39, 0.29) is 5.91 Å². The normalized spacial score (nSPS) is 10.7. The van der Waals surface area contributed by atoms with Crippen molar-refractivity contribution in [3.8, 4) is 5.75 Å². The van der Waals surface area contributed by atoms with Gasteiger partial charge in [0.05, 0.1) is 16.8 Å². The second kappa shape index (κ2) is 7.02. The number of hydrogen-bond acceptors (Lipinski definition) is 5. The number of carbonyl (C=O) groups is 1. The van der Waals surface area contributed by atoms with E-state index in [4.69, 9.17) is 4.74 Å². The summed E-state index contributed by atoms with van der Waals surface area (Å²) in [6.07, 6.45) is 2.01. The lowest BCUT2D eigenvalue weighted by Crippen LogP contribution is -2.11. The summed E-state index contributed by atoms with van der Waals surface area (Å²) in [5.41, 5.74) is 1.48. The fraction of sp³-hybridized carbons (Fsp3) is 0.176. The molecule has 0 saturated heterocycles. The molecule has 6 heteroatoms. The quantitative estimate of drug-likeness (QED) is 0.683. The number of amides is 1. The standard InChI is InChI=1S/C17H16N2O2S2/c1-3-21-12-6-9-14-15(10-12)23-17(18-14)19-16(20)11-4-7-13(22-2)8-5-11/h4-10H,3H2,1-2H3,(H,18,19,20). The van der Waals surface area contributed by atoms with Gasteiger partial charge < -0.3 is 4.74 Å². The highest BCUT2D eigenvalue weighted by molar-refractivity contribution is 7.98. The number of benzene rings is 2. The first-order valence-corrected chi connectivity index (χ1v) is 9.22. The van der Waals surface area contributed by atoms with Gasteiger partial charge in [-0.2, -0.15) is 0 Å². The van der Waals surface area contributed by atoms with E-state index in [2.05, 4.69) is 10.3 Å². The van der Waals surface area contributed by atoms with Crippen LogP contribution < -0.4 is 10.1 Å². The molecule has 1 amide bonds. The first-order chi connectivity index (χ1) is 11.2. The molecule has 0 aliphatic heterocycles. The molecule has 0 radical (unpaired) electrons. The van der Waals surface area contributed by atoms with E-state index in [0.29, 0.717) is 17.3 Å². The number of thiazole rings is 1. The minimum absolute atomic E-state index is 0.151. The molecule has 0 fully saturated rings. The van der Waals surface area contributed by atoms with Crippen LogP contribution in [0.5, 0.6) is 5.75 Å². The van der Waals surface area contributed by atoms with E-state index >= 15 is 0 Å². The zero-order valence-corrected chi connectivity index (χ0v) is 14.5. The largest absolute Gasteiger partial charge is 0.494 e. The van der Waals surface area contributed by atoms with Gasteiger partial charge >= 0.3 is 0 Å². The van der Waals surface area contributed by atoms with Gasteiger partial charge in [0.15, 0.2) is 5.13 Å². The summed E-state index contributed by atoms with van der Waals surface area (Å²) >= 11 is 3.09. The fourth-order valence-electron chi connectivity index (χ4n) is 2.13. The van der Waals surface area contributed by atoms with Crippen LogP contribution in [0.3, 0.4) is 0 Å². The van der Waals surface area contributed by atoms with Crippen LogP contribution in [0.4, 0.5) is 5.13 Å². The number of aromatic nitrogens is 1. The average Bonchev–Trinajstić information content (AvgIpc) is 2.96. The van der Waals surface area contributed by atoms with E-state index in [1.165, 1.54) is 11.3 Å². The minimum atomic E-state index is -0.151. The summed E-state index contributed by atoms with van der Waals surface area (Å²) in [5, 5.41) is 3.45. The van der Waals surface area contributed by atoms with Crippen molar-refractivity contribution in [1.82, 2.24) is 4.98 Å². The lowest BCUT2D eigenvalue weighted by Gasteiger charge is -2.02. The van der Waals surface area contributed by atoms with Crippen LogP contribution in [-0.2, 0) is 0 Å². The molecular weight excluding hydrogens is 328 g/mol. The van der Waals surface area contributed by atoms with Crippen LogP contribution in [0.1, 0.15) is 17.3 Å². The molecule has 118 valence electrons. The van der Waals surface area contributed by atoms with E-state index in [0.717, 1.165) is 20.9 Å². The average molecular weight is 344 g/mol. The predicted molar refractivity (Wildman–Crippen MR) is 97.0 cm³/mol. The third-order valence-corrected chi connectivity index (χ3v) is 4.92. The Balaban J connectivity index is 1.78. The molecule has 0 unspecified atom stereocenters. The van der Waals surface area contributed by atoms with Crippen LogP contribution in [0, 0.1) is 0 Å². The van der Waals surface area contributed by atoms with E-state index in [1.807, 2.05) is 55.6 Å². The molecule has 0 aliphatic rings. The molecule has 1 aromatic heterocycles. The third kappa shape index (κ3) is 3.65. The lowest BCUT2D eigenvalue weighted by atomic mass is 10.2. The van der Waals surface area contributed by atoms with Crippen molar-refractivity contribution < 1.29 is 9.53 Å². The Bertz CT molecular complexity index is 828. The molecule has 0 spiro atoms. The van der Waals surface area contributed by atoms with Crippen molar-refractivity contribution in [2.45, 2.75) is 11.8 Å². The maximum atomic E-state index is 12.3. The first-order valence-electron chi connectivity index (χ1n) is 7.18. The highest BCUT2D eigenvalue weighted by atomic mass is 32.2. The zero-order chi connectivity index (χ0) is 16.2. The summed E-state index contributed by atoms with van der Waals surface area (Å²) < 4.78 is 6.47. The van der Waals surface area contributed by atoms with Gasteiger partial charge in [0.25, 0.3) is 5.91 Å². The van der Waals surface area contributed by atoms with Gasteiger partial charge in [-0.15, -0.1) is 11.8 Å². The maximum Gasteiger partial charge on any atom is 0.257 e. The van der Waals surface area contributed by atoms with Crippen molar-refractivity contribution in [2.75, 3.05) is 18.2 Å². The van der Waals surface area contributed by atoms with Gasteiger partial charge in [-0.1, -0.05) is 11.3 Å². The van der Waals surface area contributed by atoms with Crippen molar-refractivity contribution in [2.24, 2.45) is 0 Å². The number of carbonyl (C=O) groups excluding carboxylic acids is 1. The highest BCUT2D eigenvalue weighted by Crippen LogP contribution is 2.29. The van der Waals surface area contributed by atoms with Gasteiger partial charge in [0.2, 0.25) is 0 Å². The number of nitrogens with one attached hydrogen (secondary N) is 1. The van der Waals surface area contributed by atoms with Gasteiger partial charge in [0, 0.05) is 10.5 Å². The van der Waals surface area contributed by atoms with Crippen LogP contribution in [0.15, 0.2) is 47.4 Å². The Morgan fingerprint density at radius 2 is 2.04 bits per heavy atom. The Labute approximate surface area is 142 Å². The van der Waals surface area contributed by atoms with Crippen molar-refractivity contribution in [3.63, 3.8) is 0 Å². The number of fused-ring (bicyclic) bond motifs is 1. The van der Waals surface area contributed by atoms with E-state index in [1.54, 1.807) is 11.8 Å². The summed E-state index contributed by atoms with van der Waals surface area (Å²) in [7, 11) is 0. The van der Waals surface area contributed by atoms with E-state index in [9.17, 15) is 4.79 Å². The summed E-state index contributed by atoms with van der Waals surface area (Å²) in [6.45, 7) is 2.57. The fourth-order valence-corrected chi connectivity index (χ4v) is 3.42. The van der Waals surface area contributed by atoms with Crippen LogP contribution in [-0.4, -0.2) is 23.8 Å². The molecule has 0 bridgehead atoms. The van der Waals surface area contributed by atoms with Gasteiger partial charge in [0.1, 0.15) is 5.75 Å². The van der Waals surface area contributed by atoms with Crippen molar-refractivity contribution in [1.29, 1.82) is 0 Å². The third-order valence-electron chi connectivity index (χ3n) is 3.24. The molecular formula is C17H16N2O2S2. The summed E-state index contributed by atoms with van der Waals surface area (Å²) in [5.74, 6) is 0.663. The molecule has 4 nitrogen and oxygen atoms in total. The molecule has 23 heavy (non-hydrogen) atoms. The Hall–Kier alpha value is -2.05. The number of anilines is 1. The second-order valence-corrected chi connectivity index (χ2v) is 6.67. The molecule has 3 rings (SSSR count). The minimum Gasteiger partial charge on any atom is -0.494 e. The molecule has 0 aliphatic carbocycles. The maximum absolute atomic E-state index is 12.3. The second-order valence-electron chi connectivity index (χ2n) is 4.76. The first kappa shape index (κ1) is 15.8. The number of ether oxygens (including phenoxy) is 1. The van der Waals surface area contributed by atoms with Gasteiger partial charge in [-0.05, 0) is 55.6 Å². The van der Waals surface area contributed by atoms with Gasteiger partial charge in [-0.25, -0.2) is 4.98 Å². The smallest absolute Gasteiger partial charge is 0.257 e. The number of hydrogen-bond donors (Lipinski definition) is 1. The van der Waals surface area contributed by atoms with Crippen LogP contribution >= 0.6 is 23.1 Å². The Morgan fingerprint density at radius 1 is 1.26 bits per heavy atom. The number of rotatable bonds is 5. The van der Waals surface area contributed by atoms with Crippen molar-refractivity contribution in [3.05, 3.63) is 48.0 Å². The molecule has 3 aromatic rings. The molecule has 0 atom stereocenters. The Morgan fingerprint density at radius 3 is 2.74 bits per heavy atom. The Kier molecular flexibility index (Phi) is 4.83. The zero-order valence-electron chi connectivity index (χ0n) is 12.8. The number of thioether (sulfide) groups is 1. The molecule has 0 saturated carbocycles. The molecule has 1 N–H and O–H groups in total. The topological polar surface area (TPSA) is 51.2 Å². The van der Waals surface area contributed by atoms with Crippen LogP contribution in [0.2, 0.25) is 0 Å². The van der Waals surface area contributed by atoms with Crippen LogP contribution in [0.25, 0.3) is 10.2 Å². The SMILES string of the molecule is CCOc1ccc2nc(NC(=O)c3ccc(SC)cc3)sc2c1. The predicted octanol–water partition coefficient (Wildman–Crippen LogP) is 4.67. The van der Waals surface area contributed by atoms with E-state index < -0.39 is 0 Å². The van der Waals surface area contributed by atoms with Crippen molar-refractivity contribution >= 4 is 44.4 Å². The number of nitrogens with zero attached hydrogens (tertiary/aromatic N) is 1. The summed E-state index contributed by atoms with van der Waals surface area (Å²) in [6, 6.07) is 13.2. The highest BCUT2D eigenvalue weighted by Gasteiger charge is 2.10.